The number of ether oxygens (including phenoxy) is 2. The van der Waals surface area contributed by atoms with E-state index < -0.39 is 33.7 Å². The van der Waals surface area contributed by atoms with Crippen molar-refractivity contribution in [3.63, 3.8) is 0 Å². The molecule has 3 unspecified atom stereocenters. The van der Waals surface area contributed by atoms with Crippen LogP contribution in [0.15, 0.2) is 0 Å². The van der Waals surface area contributed by atoms with Crippen molar-refractivity contribution in [2.45, 2.75) is 97.2 Å². The molecule has 1 N–H and O–H groups in total. The number of esters is 2. The van der Waals surface area contributed by atoms with Crippen molar-refractivity contribution in [1.82, 2.24) is 0 Å². The van der Waals surface area contributed by atoms with Crippen LogP contribution in [0.3, 0.4) is 0 Å². The van der Waals surface area contributed by atoms with Crippen molar-refractivity contribution in [3.8, 4) is 0 Å². The van der Waals surface area contributed by atoms with E-state index in [1.54, 1.807) is 0 Å². The monoisotopic (exact) mass is 459 g/mol. The molecule has 0 radical (unpaired) electrons. The topological polar surface area (TPSA) is 107 Å². The third kappa shape index (κ3) is 14.8. The van der Waals surface area contributed by atoms with Crippen LogP contribution in [0.25, 0.3) is 0 Å². The fourth-order valence-corrected chi connectivity index (χ4v) is 3.67. The predicted octanol–water partition coefficient (Wildman–Crippen LogP) is 1.55. The Kier molecular flexibility index (Phi) is 19.7. The molecule has 0 aliphatic carbocycles. The summed E-state index contributed by atoms with van der Waals surface area (Å²) in [6.45, 7) is 8.41. The van der Waals surface area contributed by atoms with Gasteiger partial charge in [-0.15, -0.1) is 0 Å². The number of carbonyl (C=O) groups is 2. The van der Waals surface area contributed by atoms with E-state index >= 15 is 0 Å². The van der Waals surface area contributed by atoms with Gasteiger partial charge in [-0.3, -0.25) is 14.1 Å². The van der Waals surface area contributed by atoms with Crippen molar-refractivity contribution in [2.24, 2.45) is 11.8 Å². The van der Waals surface area contributed by atoms with Gasteiger partial charge in [0.05, 0.1) is 19.6 Å². The van der Waals surface area contributed by atoms with Crippen LogP contribution in [0.1, 0.15) is 91.9 Å². The molecule has 172 valence electrons. The minimum atomic E-state index is -4.77. The standard InChI is InChI=1S/C21H40O7S.Na/c1-5-9-11-13-18(8-4)15-27-20(22)14-19(29(24,25)26)21(23)28-16-17(7-3)12-10-6-2;/h17-19H,5-16H2,1-4H3,(H,24,25,26);/q;+1. The maximum absolute atomic E-state index is 12.2. The Labute approximate surface area is 205 Å². The van der Waals surface area contributed by atoms with Crippen LogP contribution in [0, 0.1) is 11.8 Å². The van der Waals surface area contributed by atoms with Crippen LogP contribution >= 0.6 is 0 Å². The average molecular weight is 460 g/mol. The molecule has 0 aromatic heterocycles. The van der Waals surface area contributed by atoms with Crippen LogP contribution in [-0.4, -0.2) is 43.4 Å². The molecule has 30 heavy (non-hydrogen) atoms. The molecule has 0 bridgehead atoms. The largest absolute Gasteiger partial charge is 1.00 e. The van der Waals surface area contributed by atoms with Gasteiger partial charge >= 0.3 is 41.5 Å². The molecule has 3 atom stereocenters. The first-order chi connectivity index (χ1) is 13.7. The normalized spacial score (nSPS) is 14.3. The SMILES string of the molecule is CCCCCC(CC)COC(=O)CC(C(=O)OCC(CC)CCCC)S(=O)(=O)O.[Na+]. The minimum absolute atomic E-state index is 0. The number of hydrogen-bond donors (Lipinski definition) is 1. The van der Waals surface area contributed by atoms with Gasteiger partial charge in [-0.05, 0) is 24.7 Å². The number of unbranched alkanes of at least 4 members (excludes halogenated alkanes) is 3. The molecule has 9 heteroatoms. The molecule has 7 nitrogen and oxygen atoms in total. The van der Waals surface area contributed by atoms with Gasteiger partial charge < -0.3 is 9.47 Å². The van der Waals surface area contributed by atoms with Gasteiger partial charge in [-0.2, -0.15) is 8.42 Å². The molecular formula is C21H40NaO7S+. The summed E-state index contributed by atoms with van der Waals surface area (Å²) in [5, 5.41) is -1.95. The van der Waals surface area contributed by atoms with Crippen molar-refractivity contribution in [1.29, 1.82) is 0 Å². The van der Waals surface area contributed by atoms with Crippen molar-refractivity contribution in [3.05, 3.63) is 0 Å². The molecule has 0 heterocycles. The van der Waals surface area contributed by atoms with Gasteiger partial charge in [0.1, 0.15) is 0 Å². The summed E-state index contributed by atoms with van der Waals surface area (Å²) in [4.78, 5) is 24.3. The average Bonchev–Trinajstić information content (AvgIpc) is 2.67. The first kappa shape index (κ1) is 32.0. The quantitative estimate of drug-likeness (QED) is 0.152. The molecule has 0 aliphatic heterocycles. The second-order valence-corrected chi connectivity index (χ2v) is 9.31. The third-order valence-corrected chi connectivity index (χ3v) is 6.33. The van der Waals surface area contributed by atoms with E-state index in [9.17, 15) is 22.6 Å². The molecule has 0 saturated carbocycles. The maximum Gasteiger partial charge on any atom is 1.00 e. The molecule has 0 saturated heterocycles. The van der Waals surface area contributed by atoms with Crippen LogP contribution in [0.2, 0.25) is 0 Å². The number of rotatable bonds is 17. The number of hydrogen-bond acceptors (Lipinski definition) is 6. The Morgan fingerprint density at radius 2 is 1.33 bits per heavy atom. The van der Waals surface area contributed by atoms with Crippen LogP contribution in [-0.2, 0) is 29.2 Å². The van der Waals surface area contributed by atoms with E-state index in [4.69, 9.17) is 9.47 Å². The minimum Gasteiger partial charge on any atom is -0.465 e. The fraction of sp³-hybridized carbons (Fsp3) is 0.905. The molecule has 0 amide bonds. The fourth-order valence-electron chi connectivity index (χ4n) is 3.01. The van der Waals surface area contributed by atoms with Gasteiger partial charge in [0.2, 0.25) is 0 Å². The molecular weight excluding hydrogens is 419 g/mol. The molecule has 0 aliphatic rings. The zero-order valence-corrected chi connectivity index (χ0v) is 22.3. The van der Waals surface area contributed by atoms with E-state index in [-0.39, 0.29) is 54.6 Å². The summed E-state index contributed by atoms with van der Waals surface area (Å²) in [5.74, 6) is -1.60. The predicted molar refractivity (Wildman–Crippen MR) is 113 cm³/mol. The molecule has 0 rings (SSSR count). The van der Waals surface area contributed by atoms with E-state index in [0.29, 0.717) is 0 Å². The van der Waals surface area contributed by atoms with E-state index in [0.717, 1.165) is 57.8 Å². The van der Waals surface area contributed by atoms with E-state index in [1.165, 1.54) is 0 Å². The Morgan fingerprint density at radius 1 is 0.833 bits per heavy atom. The van der Waals surface area contributed by atoms with Gasteiger partial charge in [0.25, 0.3) is 10.1 Å². The van der Waals surface area contributed by atoms with Crippen LogP contribution in [0.5, 0.6) is 0 Å². The summed E-state index contributed by atoms with van der Waals surface area (Å²) in [5.41, 5.74) is 0. The Morgan fingerprint density at radius 3 is 1.80 bits per heavy atom. The Bertz CT molecular complexity index is 566. The summed E-state index contributed by atoms with van der Waals surface area (Å²) in [6, 6.07) is 0. The first-order valence-corrected chi connectivity index (χ1v) is 12.5. The summed E-state index contributed by atoms with van der Waals surface area (Å²) < 4.78 is 42.9. The van der Waals surface area contributed by atoms with Gasteiger partial charge in [-0.25, -0.2) is 0 Å². The second kappa shape index (κ2) is 18.4. The van der Waals surface area contributed by atoms with Crippen LogP contribution < -0.4 is 29.6 Å². The summed E-state index contributed by atoms with van der Waals surface area (Å²) in [6.07, 6.45) is 7.95. The molecule has 0 fully saturated rings. The Hall–Kier alpha value is -0.150. The van der Waals surface area contributed by atoms with Gasteiger partial charge in [0, 0.05) is 0 Å². The molecule has 0 aromatic carbocycles. The third-order valence-electron chi connectivity index (χ3n) is 5.25. The smallest absolute Gasteiger partial charge is 0.465 e. The van der Waals surface area contributed by atoms with Crippen LogP contribution in [0.4, 0.5) is 0 Å². The van der Waals surface area contributed by atoms with E-state index in [1.807, 2.05) is 13.8 Å². The number of carbonyl (C=O) groups excluding carboxylic acids is 2. The second-order valence-electron chi connectivity index (χ2n) is 7.71. The van der Waals surface area contributed by atoms with Crippen molar-refractivity contribution >= 4 is 22.1 Å². The molecule has 0 spiro atoms. The van der Waals surface area contributed by atoms with Gasteiger partial charge in [-0.1, -0.05) is 72.6 Å². The maximum atomic E-state index is 12.2. The zero-order valence-electron chi connectivity index (χ0n) is 19.5. The van der Waals surface area contributed by atoms with Crippen molar-refractivity contribution in [2.75, 3.05) is 13.2 Å². The molecule has 0 aromatic rings. The van der Waals surface area contributed by atoms with E-state index in [2.05, 4.69) is 13.8 Å². The summed E-state index contributed by atoms with van der Waals surface area (Å²) in [7, 11) is -4.77. The van der Waals surface area contributed by atoms with Crippen molar-refractivity contribution < 1.29 is 61.6 Å². The Balaban J connectivity index is 0. The summed E-state index contributed by atoms with van der Waals surface area (Å²) >= 11 is 0. The first-order valence-electron chi connectivity index (χ1n) is 11.0. The van der Waals surface area contributed by atoms with Gasteiger partial charge in [0.15, 0.2) is 5.25 Å². The zero-order chi connectivity index (χ0) is 22.3.